The van der Waals surface area contributed by atoms with Gasteiger partial charge in [-0.15, -0.1) is 24.8 Å². The Hall–Kier alpha value is -0.750. The molecule has 0 radical (unpaired) electrons. The largest absolute Gasteiger partial charge is 0.463 e. The van der Waals surface area contributed by atoms with E-state index in [1.54, 1.807) is 0 Å². The molecule has 0 aromatic heterocycles. The molecule has 1 rings (SSSR count). The number of hydrogen-bond acceptors (Lipinski definition) is 5. The summed E-state index contributed by atoms with van der Waals surface area (Å²) in [5.41, 5.74) is 6.24. The summed E-state index contributed by atoms with van der Waals surface area (Å²) >= 11 is 4.59. The molecule has 0 spiro atoms. The minimum atomic E-state index is -0.621. The second-order valence-corrected chi connectivity index (χ2v) is 3.48. The van der Waals surface area contributed by atoms with Crippen molar-refractivity contribution in [3.05, 3.63) is 35.9 Å². The number of esters is 1. The normalized spacial score (nSPS) is 10.5. The second kappa shape index (κ2) is 11.3. The van der Waals surface area contributed by atoms with Gasteiger partial charge in [-0.3, -0.25) is 0 Å². The van der Waals surface area contributed by atoms with Crippen LogP contribution in [0.5, 0.6) is 0 Å². The minimum Gasteiger partial charge on any atom is -0.463 e. The summed E-state index contributed by atoms with van der Waals surface area (Å²) in [5, 5.41) is 0. The van der Waals surface area contributed by atoms with Crippen molar-refractivity contribution in [3.63, 3.8) is 0 Å². The van der Waals surface area contributed by atoms with Crippen LogP contribution in [0.4, 0.5) is 0 Å². The number of nitrogens with two attached hydrogens (primary N) is 1. The summed E-state index contributed by atoms with van der Waals surface area (Å²) in [4.78, 5) is 11.5. The molecule has 0 unspecified atom stereocenters. The molecular weight excluding hydrogens is 295 g/mol. The molecule has 0 saturated carbocycles. The Labute approximate surface area is 124 Å². The van der Waals surface area contributed by atoms with Crippen LogP contribution in [-0.4, -0.2) is 25.2 Å². The van der Waals surface area contributed by atoms with Crippen LogP contribution < -0.4 is 5.73 Å². The van der Waals surface area contributed by atoms with Crippen LogP contribution in [-0.2, 0) is 28.4 Å². The van der Waals surface area contributed by atoms with Crippen LogP contribution in [0.2, 0.25) is 0 Å². The minimum absolute atomic E-state index is 0. The van der Waals surface area contributed by atoms with E-state index in [0.717, 1.165) is 5.56 Å². The Bertz CT molecular complexity index is 352. The van der Waals surface area contributed by atoms with E-state index in [-0.39, 0.29) is 31.4 Å². The van der Waals surface area contributed by atoms with Gasteiger partial charge in [0.1, 0.15) is 6.61 Å². The number of carbonyl (C=O) groups excluding carboxylic acids is 1. The Morgan fingerprint density at radius 3 is 2.44 bits per heavy atom. The lowest BCUT2D eigenvalue weighted by atomic mass is 10.1. The number of ether oxygens (including phenoxy) is 1. The fourth-order valence-corrected chi connectivity index (χ4v) is 1.42. The first-order chi connectivity index (χ1) is 7.77. The molecule has 7 heteroatoms. The highest BCUT2D eigenvalue weighted by Gasteiger charge is 2.18. The van der Waals surface area contributed by atoms with Crippen LogP contribution in [0.1, 0.15) is 5.56 Å². The molecule has 1 aromatic carbocycles. The lowest BCUT2D eigenvalue weighted by Gasteiger charge is -2.10. The predicted molar refractivity (Wildman–Crippen MR) is 78.2 cm³/mol. The summed E-state index contributed by atoms with van der Waals surface area (Å²) in [6.07, 6.45) is 0.466. The number of halogens is 2. The Kier molecular flexibility index (Phi) is 12.3. The molecule has 102 valence electrons. The third-order valence-electron chi connectivity index (χ3n) is 2.03. The highest BCUT2D eigenvalue weighted by atomic mass is 35.5. The lowest BCUT2D eigenvalue weighted by molar-refractivity contribution is -0.144. The molecule has 1 aromatic rings. The molecule has 2 N–H and O–H groups in total. The molecule has 0 amide bonds. The van der Waals surface area contributed by atoms with Crippen molar-refractivity contribution >= 4 is 43.2 Å². The number of hydrogen-bond donors (Lipinski definition) is 1. The molecule has 18 heavy (non-hydrogen) atoms. The van der Waals surface area contributed by atoms with E-state index in [4.69, 9.17) is 10.5 Å². The van der Waals surface area contributed by atoms with E-state index < -0.39 is 12.0 Å². The van der Waals surface area contributed by atoms with Crippen LogP contribution in [0, 0.1) is 0 Å². The highest BCUT2D eigenvalue weighted by molar-refractivity contribution is 7.47. The zero-order chi connectivity index (χ0) is 11.8. The SMILES string of the molecule is Cl.Cl.NCCOC(=O)[C@H](Cc1ccccc1)N=S. The molecule has 0 aliphatic heterocycles. The van der Waals surface area contributed by atoms with E-state index >= 15 is 0 Å². The van der Waals surface area contributed by atoms with Gasteiger partial charge in [0.25, 0.3) is 0 Å². The Morgan fingerprint density at radius 2 is 1.94 bits per heavy atom. The quantitative estimate of drug-likeness (QED) is 0.812. The summed E-state index contributed by atoms with van der Waals surface area (Å²) in [5.74, 6) is -0.413. The van der Waals surface area contributed by atoms with Gasteiger partial charge < -0.3 is 10.5 Å². The van der Waals surface area contributed by atoms with Crippen molar-refractivity contribution in [2.24, 2.45) is 10.1 Å². The molecule has 0 saturated heterocycles. The summed E-state index contributed by atoms with van der Waals surface area (Å²) in [6.45, 7) is 0.510. The fourth-order valence-electron chi connectivity index (χ4n) is 1.26. The molecule has 1 atom stereocenters. The maximum absolute atomic E-state index is 11.5. The molecule has 4 nitrogen and oxygen atoms in total. The molecular formula is C11H16Cl2N2O2S. The van der Waals surface area contributed by atoms with E-state index in [2.05, 4.69) is 16.8 Å². The number of rotatable bonds is 6. The van der Waals surface area contributed by atoms with E-state index in [1.165, 1.54) is 0 Å². The number of carbonyl (C=O) groups is 1. The average molecular weight is 311 g/mol. The Balaban J connectivity index is 0. The second-order valence-electron chi connectivity index (χ2n) is 3.27. The van der Waals surface area contributed by atoms with Crippen LogP contribution >= 0.6 is 24.8 Å². The van der Waals surface area contributed by atoms with Crippen molar-refractivity contribution in [2.75, 3.05) is 13.2 Å². The van der Waals surface area contributed by atoms with Gasteiger partial charge in [-0.2, -0.15) is 0 Å². The lowest BCUT2D eigenvalue weighted by Crippen LogP contribution is -2.25. The predicted octanol–water partition coefficient (Wildman–Crippen LogP) is 1.67. The van der Waals surface area contributed by atoms with Gasteiger partial charge in [0.05, 0.1) is 0 Å². The third-order valence-corrected chi connectivity index (χ3v) is 2.29. The van der Waals surface area contributed by atoms with Crippen LogP contribution in [0.3, 0.4) is 0 Å². The van der Waals surface area contributed by atoms with Crippen molar-refractivity contribution in [1.82, 2.24) is 0 Å². The first kappa shape index (κ1) is 19.6. The topological polar surface area (TPSA) is 64.7 Å². The van der Waals surface area contributed by atoms with Gasteiger partial charge in [0.15, 0.2) is 6.04 Å². The highest BCUT2D eigenvalue weighted by Crippen LogP contribution is 2.07. The zero-order valence-electron chi connectivity index (χ0n) is 9.65. The summed E-state index contributed by atoms with van der Waals surface area (Å²) in [6, 6.07) is 8.94. The molecule has 0 fully saturated rings. The van der Waals surface area contributed by atoms with Crippen molar-refractivity contribution in [3.8, 4) is 0 Å². The standard InChI is InChI=1S/C11H14N2O2S.2ClH/c12-6-7-15-11(14)10(13-16)8-9-4-2-1-3-5-9;;/h1-5,10H,6-8,12H2;2*1H/t10-;;/m0../s1. The van der Waals surface area contributed by atoms with Gasteiger partial charge in [-0.25, -0.2) is 9.16 Å². The van der Waals surface area contributed by atoms with Crippen LogP contribution in [0.25, 0.3) is 0 Å². The van der Waals surface area contributed by atoms with Crippen molar-refractivity contribution in [2.45, 2.75) is 12.5 Å². The molecule has 0 aliphatic rings. The number of nitrogens with zero attached hydrogens (tertiary/aromatic N) is 1. The van der Waals surface area contributed by atoms with Gasteiger partial charge >= 0.3 is 5.97 Å². The van der Waals surface area contributed by atoms with Crippen LogP contribution in [0.15, 0.2) is 34.7 Å². The van der Waals surface area contributed by atoms with Gasteiger partial charge in [-0.05, 0) is 5.56 Å². The molecule has 0 bridgehead atoms. The number of benzene rings is 1. The van der Waals surface area contributed by atoms with E-state index in [9.17, 15) is 4.79 Å². The summed E-state index contributed by atoms with van der Waals surface area (Å²) in [7, 11) is 0. The van der Waals surface area contributed by atoms with Gasteiger partial charge in [0, 0.05) is 25.4 Å². The Morgan fingerprint density at radius 1 is 1.33 bits per heavy atom. The third kappa shape index (κ3) is 6.86. The first-order valence-corrected chi connectivity index (χ1v) is 5.37. The summed E-state index contributed by atoms with van der Waals surface area (Å²) < 4.78 is 8.50. The van der Waals surface area contributed by atoms with Crippen molar-refractivity contribution in [1.29, 1.82) is 0 Å². The monoisotopic (exact) mass is 310 g/mol. The first-order valence-electron chi connectivity index (χ1n) is 5.01. The zero-order valence-corrected chi connectivity index (χ0v) is 12.1. The van der Waals surface area contributed by atoms with Gasteiger partial charge in [-0.1, -0.05) is 30.3 Å². The maximum Gasteiger partial charge on any atom is 0.332 e. The smallest absolute Gasteiger partial charge is 0.332 e. The van der Waals surface area contributed by atoms with E-state index in [1.807, 2.05) is 30.3 Å². The molecule has 0 heterocycles. The fraction of sp³-hybridized carbons (Fsp3) is 0.364. The maximum atomic E-state index is 11.5. The van der Waals surface area contributed by atoms with E-state index in [0.29, 0.717) is 13.0 Å². The molecule has 0 aliphatic carbocycles. The van der Waals surface area contributed by atoms with Gasteiger partial charge in [0.2, 0.25) is 0 Å². The van der Waals surface area contributed by atoms with Crippen molar-refractivity contribution < 1.29 is 9.53 Å². The average Bonchev–Trinajstić information content (AvgIpc) is 2.34.